The lowest BCUT2D eigenvalue weighted by atomic mass is 10.0. The maximum atomic E-state index is 13.2. The molecule has 0 N–H and O–H groups in total. The molecule has 0 amide bonds. The second kappa shape index (κ2) is 9.06. The van der Waals surface area contributed by atoms with Crippen LogP contribution >= 0.6 is 0 Å². The highest BCUT2D eigenvalue weighted by molar-refractivity contribution is 7.89. The fourth-order valence-electron chi connectivity index (χ4n) is 4.29. The number of aromatic nitrogens is 3. The minimum Gasteiger partial charge on any atom is -0.383 e. The molecule has 7 nitrogen and oxygen atoms in total. The second-order valence-corrected chi connectivity index (χ2v) is 10.5. The van der Waals surface area contributed by atoms with Crippen LogP contribution in [0.25, 0.3) is 11.0 Å². The second-order valence-electron chi connectivity index (χ2n) is 8.57. The Kier molecular flexibility index (Phi) is 6.41. The molecule has 1 aliphatic heterocycles. The Balaban J connectivity index is 1.56. The number of methoxy groups -OCH3 is 1. The zero-order chi connectivity index (χ0) is 22.0. The number of benzene rings is 1. The zero-order valence-electron chi connectivity index (χ0n) is 18.4. The van der Waals surface area contributed by atoms with Gasteiger partial charge in [0, 0.05) is 38.9 Å². The van der Waals surface area contributed by atoms with Crippen LogP contribution in [0.3, 0.4) is 0 Å². The summed E-state index contributed by atoms with van der Waals surface area (Å²) in [6.45, 7) is 6.46. The van der Waals surface area contributed by atoms with Gasteiger partial charge in [0.1, 0.15) is 5.82 Å². The average Bonchev–Trinajstić information content (AvgIpc) is 3.37. The normalized spacial score (nSPS) is 17.7. The van der Waals surface area contributed by atoms with Gasteiger partial charge < -0.3 is 9.30 Å². The van der Waals surface area contributed by atoms with Crippen molar-refractivity contribution in [1.29, 1.82) is 0 Å². The lowest BCUT2D eigenvalue weighted by Gasteiger charge is -2.18. The van der Waals surface area contributed by atoms with Crippen LogP contribution in [0.5, 0.6) is 0 Å². The number of rotatable bonds is 8. The first-order chi connectivity index (χ1) is 14.9. The highest BCUT2D eigenvalue weighted by Crippen LogP contribution is 2.32. The Morgan fingerprint density at radius 2 is 1.97 bits per heavy atom. The van der Waals surface area contributed by atoms with Gasteiger partial charge in [0.2, 0.25) is 10.0 Å². The molecular weight excluding hydrogens is 412 g/mol. The molecule has 1 atom stereocenters. The number of sulfonamides is 1. The fraction of sp³-hybridized carbons (Fsp3) is 0.478. The molecule has 0 saturated carbocycles. The van der Waals surface area contributed by atoms with E-state index in [1.165, 1.54) is 0 Å². The fourth-order valence-corrected chi connectivity index (χ4v) is 5.79. The molecule has 1 aliphatic rings. The van der Waals surface area contributed by atoms with E-state index in [1.54, 1.807) is 29.7 Å². The van der Waals surface area contributed by atoms with E-state index in [1.807, 2.05) is 24.4 Å². The summed E-state index contributed by atoms with van der Waals surface area (Å²) in [7, 11) is -1.85. The Morgan fingerprint density at radius 1 is 1.19 bits per heavy atom. The van der Waals surface area contributed by atoms with E-state index in [0.717, 1.165) is 35.3 Å². The van der Waals surface area contributed by atoms with Gasteiger partial charge in [-0.2, -0.15) is 4.31 Å². The topological polar surface area (TPSA) is 77.3 Å². The highest BCUT2D eigenvalue weighted by Gasteiger charge is 2.35. The van der Waals surface area contributed by atoms with Gasteiger partial charge in [-0.3, -0.25) is 4.98 Å². The molecule has 3 heterocycles. The van der Waals surface area contributed by atoms with Gasteiger partial charge in [-0.15, -0.1) is 0 Å². The van der Waals surface area contributed by atoms with Crippen molar-refractivity contribution in [2.24, 2.45) is 5.92 Å². The molecule has 1 fully saturated rings. The third kappa shape index (κ3) is 4.51. The monoisotopic (exact) mass is 442 g/mol. The number of nitrogens with zero attached hydrogens (tertiary/aromatic N) is 4. The average molecular weight is 443 g/mol. The lowest BCUT2D eigenvalue weighted by molar-refractivity contribution is 0.187. The van der Waals surface area contributed by atoms with E-state index >= 15 is 0 Å². The molecule has 31 heavy (non-hydrogen) atoms. The predicted octanol–water partition coefficient (Wildman–Crippen LogP) is 3.45. The third-order valence-corrected chi connectivity index (χ3v) is 7.70. The summed E-state index contributed by atoms with van der Waals surface area (Å²) in [5.41, 5.74) is 2.99. The third-order valence-electron chi connectivity index (χ3n) is 5.82. The Hall–Kier alpha value is -2.29. The predicted molar refractivity (Wildman–Crippen MR) is 121 cm³/mol. The van der Waals surface area contributed by atoms with Crippen LogP contribution in [0, 0.1) is 5.92 Å². The van der Waals surface area contributed by atoms with E-state index in [-0.39, 0.29) is 5.92 Å². The summed E-state index contributed by atoms with van der Waals surface area (Å²) in [5.74, 6) is 1.48. The van der Waals surface area contributed by atoms with Crippen LogP contribution in [-0.4, -0.2) is 54.1 Å². The molecule has 0 bridgehead atoms. The molecule has 0 radical (unpaired) electrons. The number of pyridine rings is 1. The minimum atomic E-state index is -3.53. The van der Waals surface area contributed by atoms with Gasteiger partial charge in [-0.1, -0.05) is 26.0 Å². The SMILES string of the molecule is COCCn1c(C2CCN(S(=O)(=O)c3ccc(CC(C)C)cc3)C2)nc2ccncc21. The van der Waals surface area contributed by atoms with Crippen molar-refractivity contribution >= 4 is 21.1 Å². The van der Waals surface area contributed by atoms with Crippen LogP contribution < -0.4 is 0 Å². The van der Waals surface area contributed by atoms with Gasteiger partial charge in [0.05, 0.1) is 28.7 Å². The first kappa shape index (κ1) is 21.9. The van der Waals surface area contributed by atoms with Gasteiger partial charge in [-0.25, -0.2) is 13.4 Å². The summed E-state index contributed by atoms with van der Waals surface area (Å²) < 4.78 is 35.5. The van der Waals surface area contributed by atoms with Crippen molar-refractivity contribution in [2.75, 3.05) is 26.8 Å². The first-order valence-corrected chi connectivity index (χ1v) is 12.2. The largest absolute Gasteiger partial charge is 0.383 e. The number of fused-ring (bicyclic) bond motifs is 1. The van der Waals surface area contributed by atoms with Crippen molar-refractivity contribution in [3.8, 4) is 0 Å². The van der Waals surface area contributed by atoms with E-state index in [9.17, 15) is 8.42 Å². The summed E-state index contributed by atoms with van der Waals surface area (Å²) in [5, 5.41) is 0. The summed E-state index contributed by atoms with van der Waals surface area (Å²) >= 11 is 0. The Labute approximate surface area is 184 Å². The molecule has 1 saturated heterocycles. The van der Waals surface area contributed by atoms with E-state index in [2.05, 4.69) is 23.4 Å². The quantitative estimate of drug-likeness (QED) is 0.534. The van der Waals surface area contributed by atoms with Gasteiger partial charge >= 0.3 is 0 Å². The first-order valence-electron chi connectivity index (χ1n) is 10.8. The molecule has 166 valence electrons. The van der Waals surface area contributed by atoms with E-state index in [0.29, 0.717) is 37.1 Å². The maximum absolute atomic E-state index is 13.2. The molecule has 2 aromatic heterocycles. The summed E-state index contributed by atoms with van der Waals surface area (Å²) in [6, 6.07) is 9.22. The molecule has 0 aliphatic carbocycles. The van der Waals surface area contributed by atoms with Crippen molar-refractivity contribution in [2.45, 2.75) is 44.0 Å². The Morgan fingerprint density at radius 3 is 2.68 bits per heavy atom. The smallest absolute Gasteiger partial charge is 0.243 e. The van der Waals surface area contributed by atoms with E-state index in [4.69, 9.17) is 9.72 Å². The van der Waals surface area contributed by atoms with Crippen LogP contribution in [0.15, 0.2) is 47.6 Å². The van der Waals surface area contributed by atoms with Crippen molar-refractivity contribution in [3.05, 3.63) is 54.1 Å². The van der Waals surface area contributed by atoms with Crippen molar-refractivity contribution in [3.63, 3.8) is 0 Å². The highest BCUT2D eigenvalue weighted by atomic mass is 32.2. The molecule has 3 aromatic rings. The molecule has 0 spiro atoms. The van der Waals surface area contributed by atoms with Crippen molar-refractivity contribution in [1.82, 2.24) is 18.8 Å². The summed E-state index contributed by atoms with van der Waals surface area (Å²) in [6.07, 6.45) is 5.23. The molecule has 1 aromatic carbocycles. The van der Waals surface area contributed by atoms with Crippen LogP contribution in [0.4, 0.5) is 0 Å². The van der Waals surface area contributed by atoms with Crippen LogP contribution in [0.2, 0.25) is 0 Å². The molecule has 1 unspecified atom stereocenters. The lowest BCUT2D eigenvalue weighted by Crippen LogP contribution is -2.29. The summed E-state index contributed by atoms with van der Waals surface area (Å²) in [4.78, 5) is 9.41. The van der Waals surface area contributed by atoms with E-state index < -0.39 is 10.0 Å². The number of hydrogen-bond donors (Lipinski definition) is 0. The standard InChI is InChI=1S/C23H30N4O3S/c1-17(2)14-18-4-6-20(7-5-18)31(28,29)26-11-9-19(16-26)23-25-21-8-10-24-15-22(21)27(23)12-13-30-3/h4-8,10,15,17,19H,9,11-14,16H2,1-3H3. The van der Waals surface area contributed by atoms with Gasteiger partial charge in [-0.05, 0) is 42.5 Å². The molecular formula is C23H30N4O3S. The van der Waals surface area contributed by atoms with Crippen molar-refractivity contribution < 1.29 is 13.2 Å². The minimum absolute atomic E-state index is 0.0410. The zero-order valence-corrected chi connectivity index (χ0v) is 19.2. The molecule has 4 rings (SSSR count). The number of hydrogen-bond acceptors (Lipinski definition) is 5. The number of imidazole rings is 1. The maximum Gasteiger partial charge on any atom is 0.243 e. The van der Waals surface area contributed by atoms with Gasteiger partial charge in [0.25, 0.3) is 0 Å². The van der Waals surface area contributed by atoms with Crippen LogP contribution in [-0.2, 0) is 27.7 Å². The van der Waals surface area contributed by atoms with Crippen LogP contribution in [0.1, 0.15) is 37.6 Å². The molecule has 8 heteroatoms. The Bertz CT molecular complexity index is 1140. The van der Waals surface area contributed by atoms with Gasteiger partial charge in [0.15, 0.2) is 0 Å². The number of ether oxygens (including phenoxy) is 1.